The molecule has 2 rings (SSSR count). The van der Waals surface area contributed by atoms with Crippen LogP contribution in [0.15, 0.2) is 0 Å². The molecule has 0 aromatic carbocycles. The summed E-state index contributed by atoms with van der Waals surface area (Å²) in [6, 6.07) is -0.848. The Morgan fingerprint density at radius 2 is 1.94 bits per heavy atom. The molecule has 1 atom stereocenters. The molecule has 5 heteroatoms. The van der Waals surface area contributed by atoms with E-state index in [9.17, 15) is 9.59 Å². The maximum atomic E-state index is 12.1. The highest BCUT2D eigenvalue weighted by atomic mass is 16.4. The molecule has 1 saturated heterocycles. The Hall–Kier alpha value is -1.26. The summed E-state index contributed by atoms with van der Waals surface area (Å²) in [5.74, 6) is -0.894. The third-order valence-electron chi connectivity index (χ3n) is 3.91. The van der Waals surface area contributed by atoms with Crippen molar-refractivity contribution in [1.29, 1.82) is 0 Å². The minimum atomic E-state index is -0.894. The van der Waals surface area contributed by atoms with Gasteiger partial charge in [-0.05, 0) is 32.6 Å². The summed E-state index contributed by atoms with van der Waals surface area (Å²) in [7, 11) is 0. The number of hydrogen-bond acceptors (Lipinski definition) is 2. The lowest BCUT2D eigenvalue weighted by Gasteiger charge is -2.30. The van der Waals surface area contributed by atoms with Gasteiger partial charge in [-0.15, -0.1) is 0 Å². The topological polar surface area (TPSA) is 69.6 Å². The summed E-state index contributed by atoms with van der Waals surface area (Å²) in [6.45, 7) is 2.60. The number of likely N-dealkylation sites (tertiary alicyclic amines) is 1. The lowest BCUT2D eigenvalue weighted by molar-refractivity contribution is -0.141. The maximum absolute atomic E-state index is 12.1. The van der Waals surface area contributed by atoms with Crippen LogP contribution in [-0.2, 0) is 4.79 Å². The summed E-state index contributed by atoms with van der Waals surface area (Å²) < 4.78 is 0. The summed E-state index contributed by atoms with van der Waals surface area (Å²) >= 11 is 0. The van der Waals surface area contributed by atoms with Gasteiger partial charge in [-0.25, -0.2) is 9.59 Å². The molecule has 2 aliphatic rings. The minimum Gasteiger partial charge on any atom is -0.480 e. The van der Waals surface area contributed by atoms with E-state index in [4.69, 9.17) is 5.11 Å². The Balaban J connectivity index is 1.97. The predicted molar refractivity (Wildman–Crippen MR) is 62.8 cm³/mol. The van der Waals surface area contributed by atoms with E-state index < -0.39 is 12.0 Å². The smallest absolute Gasteiger partial charge is 0.326 e. The predicted octanol–water partition coefficient (Wildman–Crippen LogP) is 1.58. The quantitative estimate of drug-likeness (QED) is 0.770. The average Bonchev–Trinajstić information content (AvgIpc) is 2.85. The SMILES string of the molecule is CC1(NC(=O)N2CCC[C@H]2C(=O)O)CCCC1. The lowest BCUT2D eigenvalue weighted by atomic mass is 10.0. The van der Waals surface area contributed by atoms with Crippen LogP contribution in [0.5, 0.6) is 0 Å². The number of nitrogens with zero attached hydrogens (tertiary/aromatic N) is 1. The van der Waals surface area contributed by atoms with Crippen molar-refractivity contribution in [2.75, 3.05) is 6.54 Å². The fraction of sp³-hybridized carbons (Fsp3) is 0.833. The van der Waals surface area contributed by atoms with Crippen LogP contribution in [0.2, 0.25) is 0 Å². The lowest BCUT2D eigenvalue weighted by Crippen LogP contribution is -2.53. The number of amides is 2. The summed E-state index contributed by atoms with van der Waals surface area (Å²) in [4.78, 5) is 24.5. The highest BCUT2D eigenvalue weighted by Crippen LogP contribution is 2.29. The number of urea groups is 1. The zero-order valence-corrected chi connectivity index (χ0v) is 10.2. The number of hydrogen-bond donors (Lipinski definition) is 2. The van der Waals surface area contributed by atoms with Crippen molar-refractivity contribution in [2.24, 2.45) is 0 Å². The Labute approximate surface area is 101 Å². The second kappa shape index (κ2) is 4.55. The van der Waals surface area contributed by atoms with Crippen molar-refractivity contribution in [1.82, 2.24) is 10.2 Å². The van der Waals surface area contributed by atoms with Crippen LogP contribution < -0.4 is 5.32 Å². The van der Waals surface area contributed by atoms with E-state index in [0.717, 1.165) is 32.1 Å². The third-order valence-corrected chi connectivity index (χ3v) is 3.91. The van der Waals surface area contributed by atoms with Crippen molar-refractivity contribution in [3.63, 3.8) is 0 Å². The van der Waals surface area contributed by atoms with Gasteiger partial charge < -0.3 is 15.3 Å². The van der Waals surface area contributed by atoms with E-state index in [0.29, 0.717) is 13.0 Å². The zero-order valence-electron chi connectivity index (χ0n) is 10.2. The van der Waals surface area contributed by atoms with Gasteiger partial charge in [0.2, 0.25) is 0 Å². The number of carboxylic acids is 1. The van der Waals surface area contributed by atoms with Crippen LogP contribution in [-0.4, -0.2) is 40.1 Å². The molecule has 17 heavy (non-hydrogen) atoms. The molecular weight excluding hydrogens is 220 g/mol. The standard InChI is InChI=1S/C12H20N2O3/c1-12(6-2-3-7-12)13-11(17)14-8-4-5-9(14)10(15)16/h9H,2-8H2,1H3,(H,13,17)(H,15,16)/t9-/m0/s1. The molecule has 0 radical (unpaired) electrons. The molecule has 1 saturated carbocycles. The second-order valence-corrected chi connectivity index (χ2v) is 5.39. The van der Waals surface area contributed by atoms with Gasteiger partial charge in [0.15, 0.2) is 0 Å². The Morgan fingerprint density at radius 1 is 1.29 bits per heavy atom. The van der Waals surface area contributed by atoms with Crippen LogP contribution in [0.3, 0.4) is 0 Å². The second-order valence-electron chi connectivity index (χ2n) is 5.39. The molecule has 96 valence electrons. The number of carbonyl (C=O) groups is 2. The summed E-state index contributed by atoms with van der Waals surface area (Å²) in [5.41, 5.74) is -0.136. The number of aliphatic carboxylic acids is 1. The monoisotopic (exact) mass is 240 g/mol. The molecule has 2 fully saturated rings. The van der Waals surface area contributed by atoms with Gasteiger partial charge in [0.25, 0.3) is 0 Å². The number of rotatable bonds is 2. The minimum absolute atomic E-state index is 0.136. The van der Waals surface area contributed by atoms with Crippen LogP contribution in [0, 0.1) is 0 Å². The summed E-state index contributed by atoms with van der Waals surface area (Å²) in [6.07, 6.45) is 5.60. The first-order valence-corrected chi connectivity index (χ1v) is 6.33. The molecule has 1 heterocycles. The van der Waals surface area contributed by atoms with E-state index in [1.165, 1.54) is 4.90 Å². The van der Waals surface area contributed by atoms with Crippen molar-refractivity contribution in [3.8, 4) is 0 Å². The van der Waals surface area contributed by atoms with Gasteiger partial charge in [0, 0.05) is 12.1 Å². The molecule has 0 aromatic heterocycles. The normalized spacial score (nSPS) is 27.1. The van der Waals surface area contributed by atoms with Crippen LogP contribution in [0.1, 0.15) is 45.4 Å². The molecular formula is C12H20N2O3. The first-order chi connectivity index (χ1) is 8.02. The van der Waals surface area contributed by atoms with E-state index in [1.54, 1.807) is 0 Å². The Bertz CT molecular complexity index is 324. The largest absolute Gasteiger partial charge is 0.480 e. The van der Waals surface area contributed by atoms with E-state index in [2.05, 4.69) is 5.32 Å². The van der Waals surface area contributed by atoms with E-state index in [1.807, 2.05) is 6.92 Å². The van der Waals surface area contributed by atoms with E-state index in [-0.39, 0.29) is 11.6 Å². The highest BCUT2D eigenvalue weighted by molar-refractivity contribution is 5.83. The molecule has 1 aliphatic carbocycles. The molecule has 0 spiro atoms. The highest BCUT2D eigenvalue weighted by Gasteiger charge is 2.37. The van der Waals surface area contributed by atoms with E-state index >= 15 is 0 Å². The number of nitrogens with one attached hydrogen (secondary N) is 1. The number of carbonyl (C=O) groups excluding carboxylic acids is 1. The first-order valence-electron chi connectivity index (χ1n) is 6.33. The van der Waals surface area contributed by atoms with Crippen molar-refractivity contribution >= 4 is 12.0 Å². The van der Waals surface area contributed by atoms with Crippen molar-refractivity contribution in [2.45, 2.75) is 57.0 Å². The van der Waals surface area contributed by atoms with Crippen LogP contribution in [0.25, 0.3) is 0 Å². The molecule has 1 aliphatic heterocycles. The molecule has 0 bridgehead atoms. The van der Waals surface area contributed by atoms with Gasteiger partial charge in [-0.2, -0.15) is 0 Å². The first kappa shape index (κ1) is 12.2. The molecule has 0 unspecified atom stereocenters. The zero-order chi connectivity index (χ0) is 12.5. The Kier molecular flexibility index (Phi) is 3.26. The fourth-order valence-electron chi connectivity index (χ4n) is 2.88. The third kappa shape index (κ3) is 2.53. The van der Waals surface area contributed by atoms with Gasteiger partial charge in [0.1, 0.15) is 6.04 Å². The Morgan fingerprint density at radius 3 is 2.53 bits per heavy atom. The number of carboxylic acid groups (broad SMARTS) is 1. The van der Waals surface area contributed by atoms with Crippen LogP contribution >= 0.6 is 0 Å². The molecule has 2 N–H and O–H groups in total. The van der Waals surface area contributed by atoms with Crippen molar-refractivity contribution in [3.05, 3.63) is 0 Å². The molecule has 5 nitrogen and oxygen atoms in total. The van der Waals surface area contributed by atoms with Crippen LogP contribution in [0.4, 0.5) is 4.79 Å². The van der Waals surface area contributed by atoms with Gasteiger partial charge >= 0.3 is 12.0 Å². The van der Waals surface area contributed by atoms with Gasteiger partial charge in [-0.3, -0.25) is 0 Å². The fourth-order valence-corrected chi connectivity index (χ4v) is 2.88. The van der Waals surface area contributed by atoms with Gasteiger partial charge in [-0.1, -0.05) is 12.8 Å². The molecule has 0 aromatic rings. The average molecular weight is 240 g/mol. The molecule has 2 amide bonds. The maximum Gasteiger partial charge on any atom is 0.326 e. The van der Waals surface area contributed by atoms with Gasteiger partial charge in [0.05, 0.1) is 0 Å². The van der Waals surface area contributed by atoms with Crippen molar-refractivity contribution < 1.29 is 14.7 Å². The summed E-state index contributed by atoms with van der Waals surface area (Å²) in [5, 5.41) is 12.0.